The van der Waals surface area contributed by atoms with Gasteiger partial charge in [-0.1, -0.05) is 38.0 Å². The fourth-order valence-electron chi connectivity index (χ4n) is 2.23. The topological polar surface area (TPSA) is 55.5 Å². The first-order chi connectivity index (χ1) is 8.54. The zero-order valence-corrected chi connectivity index (χ0v) is 11.8. The van der Waals surface area contributed by atoms with Crippen molar-refractivity contribution in [2.45, 2.75) is 39.2 Å². The van der Waals surface area contributed by atoms with Gasteiger partial charge in [0.05, 0.1) is 13.2 Å². The van der Waals surface area contributed by atoms with Gasteiger partial charge in [0.25, 0.3) is 0 Å². The van der Waals surface area contributed by atoms with E-state index in [0.717, 1.165) is 23.3 Å². The standard InChI is InChI=1S/C15H25NO2/c1-5-11(3)15(17)13(9-16)12-8-10(2)6-7-14(12)18-4/h6-8,11,13,15,17H,5,9,16H2,1-4H3. The summed E-state index contributed by atoms with van der Waals surface area (Å²) in [7, 11) is 1.65. The average Bonchev–Trinajstić information content (AvgIpc) is 2.38. The first kappa shape index (κ1) is 15.0. The molecule has 1 aromatic rings. The van der Waals surface area contributed by atoms with Gasteiger partial charge in [-0.3, -0.25) is 0 Å². The van der Waals surface area contributed by atoms with Crippen LogP contribution in [0.15, 0.2) is 18.2 Å². The van der Waals surface area contributed by atoms with E-state index in [4.69, 9.17) is 10.5 Å². The van der Waals surface area contributed by atoms with E-state index in [1.165, 1.54) is 0 Å². The summed E-state index contributed by atoms with van der Waals surface area (Å²) in [5, 5.41) is 10.4. The molecule has 0 aliphatic carbocycles. The Morgan fingerprint density at radius 1 is 1.39 bits per heavy atom. The van der Waals surface area contributed by atoms with Crippen molar-refractivity contribution in [3.05, 3.63) is 29.3 Å². The van der Waals surface area contributed by atoms with Gasteiger partial charge in [0.2, 0.25) is 0 Å². The van der Waals surface area contributed by atoms with Gasteiger partial charge in [-0.05, 0) is 18.9 Å². The van der Waals surface area contributed by atoms with Crippen molar-refractivity contribution >= 4 is 0 Å². The number of aliphatic hydroxyl groups excluding tert-OH is 1. The smallest absolute Gasteiger partial charge is 0.122 e. The Bertz CT molecular complexity index is 379. The third-order valence-corrected chi connectivity index (χ3v) is 3.68. The number of hydrogen-bond donors (Lipinski definition) is 2. The maximum absolute atomic E-state index is 10.4. The molecule has 1 aromatic carbocycles. The van der Waals surface area contributed by atoms with Crippen LogP contribution in [0, 0.1) is 12.8 Å². The number of aryl methyl sites for hydroxylation is 1. The number of hydrogen-bond acceptors (Lipinski definition) is 3. The van der Waals surface area contributed by atoms with Crippen LogP contribution in [0.3, 0.4) is 0 Å². The van der Waals surface area contributed by atoms with E-state index in [9.17, 15) is 5.11 Å². The molecule has 3 N–H and O–H groups in total. The first-order valence-electron chi connectivity index (χ1n) is 6.57. The van der Waals surface area contributed by atoms with E-state index in [0.29, 0.717) is 6.54 Å². The van der Waals surface area contributed by atoms with Crippen molar-refractivity contribution in [2.75, 3.05) is 13.7 Å². The number of methoxy groups -OCH3 is 1. The van der Waals surface area contributed by atoms with Crippen molar-refractivity contribution in [1.82, 2.24) is 0 Å². The fraction of sp³-hybridized carbons (Fsp3) is 0.600. The van der Waals surface area contributed by atoms with Crippen LogP contribution in [0.4, 0.5) is 0 Å². The molecule has 0 aromatic heterocycles. The van der Waals surface area contributed by atoms with Crippen molar-refractivity contribution in [3.8, 4) is 5.75 Å². The van der Waals surface area contributed by atoms with Crippen LogP contribution in [-0.2, 0) is 0 Å². The van der Waals surface area contributed by atoms with Gasteiger partial charge in [-0.2, -0.15) is 0 Å². The molecule has 18 heavy (non-hydrogen) atoms. The van der Waals surface area contributed by atoms with Gasteiger partial charge >= 0.3 is 0 Å². The van der Waals surface area contributed by atoms with Crippen LogP contribution in [0.1, 0.15) is 37.3 Å². The maximum atomic E-state index is 10.4. The Morgan fingerprint density at radius 3 is 2.56 bits per heavy atom. The third-order valence-electron chi connectivity index (χ3n) is 3.68. The predicted octanol–water partition coefficient (Wildman–Crippen LogP) is 2.45. The highest BCUT2D eigenvalue weighted by molar-refractivity contribution is 5.40. The van der Waals surface area contributed by atoms with Gasteiger partial charge in [0.15, 0.2) is 0 Å². The monoisotopic (exact) mass is 251 g/mol. The number of ether oxygens (including phenoxy) is 1. The summed E-state index contributed by atoms with van der Waals surface area (Å²) < 4.78 is 5.38. The highest BCUT2D eigenvalue weighted by atomic mass is 16.5. The minimum Gasteiger partial charge on any atom is -0.496 e. The number of aliphatic hydroxyl groups is 1. The van der Waals surface area contributed by atoms with Gasteiger partial charge in [0, 0.05) is 18.0 Å². The second kappa shape index (κ2) is 6.76. The molecule has 0 amide bonds. The van der Waals surface area contributed by atoms with Crippen LogP contribution in [0.25, 0.3) is 0 Å². The quantitative estimate of drug-likeness (QED) is 0.816. The molecule has 0 saturated carbocycles. The Kier molecular flexibility index (Phi) is 5.63. The molecule has 0 spiro atoms. The lowest BCUT2D eigenvalue weighted by Crippen LogP contribution is -2.31. The molecular formula is C15H25NO2. The van der Waals surface area contributed by atoms with Crippen LogP contribution in [-0.4, -0.2) is 24.9 Å². The van der Waals surface area contributed by atoms with Crippen LogP contribution in [0.2, 0.25) is 0 Å². The zero-order chi connectivity index (χ0) is 13.7. The molecule has 1 rings (SSSR count). The summed E-state index contributed by atoms with van der Waals surface area (Å²) in [4.78, 5) is 0. The summed E-state index contributed by atoms with van der Waals surface area (Å²) in [5.74, 6) is 0.956. The summed E-state index contributed by atoms with van der Waals surface area (Å²) in [6.45, 7) is 6.59. The van der Waals surface area contributed by atoms with Crippen LogP contribution >= 0.6 is 0 Å². The molecule has 0 heterocycles. The normalized spacial score (nSPS) is 16.1. The van der Waals surface area contributed by atoms with E-state index in [2.05, 4.69) is 19.9 Å². The third kappa shape index (κ3) is 3.24. The van der Waals surface area contributed by atoms with Crippen molar-refractivity contribution in [1.29, 1.82) is 0 Å². The minimum absolute atomic E-state index is 0.0743. The Morgan fingerprint density at radius 2 is 2.06 bits per heavy atom. The molecule has 0 saturated heterocycles. The lowest BCUT2D eigenvalue weighted by atomic mass is 9.84. The molecule has 0 radical (unpaired) electrons. The molecule has 3 heteroatoms. The molecule has 3 nitrogen and oxygen atoms in total. The summed E-state index contributed by atoms with van der Waals surface area (Å²) in [6, 6.07) is 6.00. The first-order valence-corrected chi connectivity index (χ1v) is 6.57. The minimum atomic E-state index is -0.435. The molecule has 0 aliphatic rings. The van der Waals surface area contributed by atoms with Crippen molar-refractivity contribution < 1.29 is 9.84 Å². The van der Waals surface area contributed by atoms with Gasteiger partial charge in [0.1, 0.15) is 5.75 Å². The van der Waals surface area contributed by atoms with Crippen molar-refractivity contribution in [2.24, 2.45) is 11.7 Å². The summed E-state index contributed by atoms with van der Waals surface area (Å²) >= 11 is 0. The van der Waals surface area contributed by atoms with E-state index in [1.807, 2.05) is 19.1 Å². The van der Waals surface area contributed by atoms with Crippen molar-refractivity contribution in [3.63, 3.8) is 0 Å². The van der Waals surface area contributed by atoms with E-state index >= 15 is 0 Å². The highest BCUT2D eigenvalue weighted by Crippen LogP contribution is 2.32. The number of benzene rings is 1. The summed E-state index contributed by atoms with van der Waals surface area (Å²) in [5.41, 5.74) is 8.02. The van der Waals surface area contributed by atoms with Gasteiger partial charge < -0.3 is 15.6 Å². The molecule has 0 bridgehead atoms. The van der Waals surface area contributed by atoms with E-state index in [-0.39, 0.29) is 11.8 Å². The Balaban J connectivity index is 3.11. The lowest BCUT2D eigenvalue weighted by molar-refractivity contribution is 0.0877. The zero-order valence-electron chi connectivity index (χ0n) is 11.8. The second-order valence-corrected chi connectivity index (χ2v) is 4.96. The summed E-state index contributed by atoms with van der Waals surface area (Å²) in [6.07, 6.45) is 0.502. The lowest BCUT2D eigenvalue weighted by Gasteiger charge is -2.28. The molecule has 3 atom stereocenters. The number of nitrogens with two attached hydrogens (primary N) is 1. The molecule has 3 unspecified atom stereocenters. The average molecular weight is 251 g/mol. The predicted molar refractivity (Wildman–Crippen MR) is 75.0 cm³/mol. The highest BCUT2D eigenvalue weighted by Gasteiger charge is 2.26. The van der Waals surface area contributed by atoms with Crippen LogP contribution in [0.5, 0.6) is 5.75 Å². The second-order valence-electron chi connectivity index (χ2n) is 4.96. The van der Waals surface area contributed by atoms with E-state index < -0.39 is 6.10 Å². The largest absolute Gasteiger partial charge is 0.496 e. The van der Waals surface area contributed by atoms with E-state index in [1.54, 1.807) is 7.11 Å². The Hall–Kier alpha value is -1.06. The molecule has 102 valence electrons. The maximum Gasteiger partial charge on any atom is 0.122 e. The van der Waals surface area contributed by atoms with Gasteiger partial charge in [-0.25, -0.2) is 0 Å². The Labute approximate surface area is 110 Å². The fourth-order valence-corrected chi connectivity index (χ4v) is 2.23. The number of rotatable bonds is 6. The molecule has 0 aliphatic heterocycles. The molecule has 0 fully saturated rings. The van der Waals surface area contributed by atoms with Crippen LogP contribution < -0.4 is 10.5 Å². The SMILES string of the molecule is CCC(C)C(O)C(CN)c1cc(C)ccc1OC. The molecular weight excluding hydrogens is 226 g/mol. The van der Waals surface area contributed by atoms with Gasteiger partial charge in [-0.15, -0.1) is 0 Å².